The molecule has 1 unspecified atom stereocenters. The topological polar surface area (TPSA) is 49.9 Å². The van der Waals surface area contributed by atoms with E-state index in [1.54, 1.807) is 0 Å². The van der Waals surface area contributed by atoms with Gasteiger partial charge in [-0.25, -0.2) is 0 Å². The number of para-hydroxylation sites is 1. The first-order valence-electron chi connectivity index (χ1n) is 6.95. The molecule has 1 heterocycles. The molecule has 2 aromatic rings. The second-order valence-corrected chi connectivity index (χ2v) is 5.22. The summed E-state index contributed by atoms with van der Waals surface area (Å²) >= 11 is 0. The molecule has 2 rings (SSSR count). The molecule has 0 radical (unpaired) electrons. The lowest BCUT2D eigenvalue weighted by Crippen LogP contribution is -2.12. The van der Waals surface area contributed by atoms with Gasteiger partial charge in [0.2, 0.25) is 0 Å². The standard InChI is InChI=1S/C16H23N3O/c1-10-7-6-8-11(2)16(10)20-13(4)15-14(9-17-5)12(3)18-19-15/h6-8,13,17H,9H2,1-5H3,(H,18,19). The maximum absolute atomic E-state index is 6.15. The molecular formula is C16H23N3O. The Labute approximate surface area is 120 Å². The molecule has 4 heteroatoms. The largest absolute Gasteiger partial charge is 0.484 e. The van der Waals surface area contributed by atoms with Gasteiger partial charge < -0.3 is 10.1 Å². The van der Waals surface area contributed by atoms with E-state index >= 15 is 0 Å². The van der Waals surface area contributed by atoms with Crippen molar-refractivity contribution in [1.82, 2.24) is 15.5 Å². The van der Waals surface area contributed by atoms with E-state index in [9.17, 15) is 0 Å². The van der Waals surface area contributed by atoms with E-state index in [1.807, 2.05) is 27.0 Å². The smallest absolute Gasteiger partial charge is 0.140 e. The average Bonchev–Trinajstić information content (AvgIpc) is 2.76. The fraction of sp³-hybridized carbons (Fsp3) is 0.438. The molecule has 20 heavy (non-hydrogen) atoms. The minimum atomic E-state index is -0.0805. The van der Waals surface area contributed by atoms with Gasteiger partial charge in [-0.2, -0.15) is 5.10 Å². The van der Waals surface area contributed by atoms with Crippen LogP contribution >= 0.6 is 0 Å². The second-order valence-electron chi connectivity index (χ2n) is 5.22. The first kappa shape index (κ1) is 14.6. The normalized spacial score (nSPS) is 12.4. The summed E-state index contributed by atoms with van der Waals surface area (Å²) in [5.41, 5.74) is 5.55. The third-order valence-corrected chi connectivity index (χ3v) is 3.55. The van der Waals surface area contributed by atoms with Crippen LogP contribution in [-0.4, -0.2) is 17.2 Å². The van der Waals surface area contributed by atoms with Crippen LogP contribution in [0.2, 0.25) is 0 Å². The molecule has 0 aliphatic heterocycles. The average molecular weight is 273 g/mol. The van der Waals surface area contributed by atoms with Gasteiger partial charge in [-0.1, -0.05) is 18.2 Å². The van der Waals surface area contributed by atoms with Crippen molar-refractivity contribution in [1.29, 1.82) is 0 Å². The highest BCUT2D eigenvalue weighted by atomic mass is 16.5. The minimum absolute atomic E-state index is 0.0805. The number of aromatic nitrogens is 2. The van der Waals surface area contributed by atoms with Crippen molar-refractivity contribution in [3.05, 3.63) is 46.3 Å². The van der Waals surface area contributed by atoms with E-state index in [-0.39, 0.29) is 6.10 Å². The number of hydrogen-bond donors (Lipinski definition) is 2. The fourth-order valence-electron chi connectivity index (χ4n) is 2.42. The molecule has 0 fully saturated rings. The number of aryl methyl sites for hydroxylation is 3. The third-order valence-electron chi connectivity index (χ3n) is 3.55. The predicted octanol–water partition coefficient (Wildman–Crippen LogP) is 3.19. The SMILES string of the molecule is CNCc1c(C(C)Oc2c(C)cccc2C)n[nH]c1C. The monoisotopic (exact) mass is 273 g/mol. The third kappa shape index (κ3) is 2.85. The highest BCUT2D eigenvalue weighted by Crippen LogP contribution is 2.29. The molecular weight excluding hydrogens is 250 g/mol. The molecule has 0 spiro atoms. The molecule has 1 atom stereocenters. The Morgan fingerprint density at radius 3 is 2.50 bits per heavy atom. The van der Waals surface area contributed by atoms with Crippen molar-refractivity contribution >= 4 is 0 Å². The summed E-state index contributed by atoms with van der Waals surface area (Å²) in [5, 5.41) is 10.6. The summed E-state index contributed by atoms with van der Waals surface area (Å²) in [7, 11) is 1.94. The van der Waals surface area contributed by atoms with Gasteiger partial charge in [0.05, 0.1) is 0 Å². The molecule has 0 saturated carbocycles. The number of aromatic amines is 1. The number of nitrogens with zero attached hydrogens (tertiary/aromatic N) is 1. The zero-order chi connectivity index (χ0) is 14.7. The Morgan fingerprint density at radius 2 is 1.90 bits per heavy atom. The second kappa shape index (κ2) is 6.09. The molecule has 0 aliphatic carbocycles. The molecule has 0 bridgehead atoms. The molecule has 0 saturated heterocycles. The molecule has 108 valence electrons. The van der Waals surface area contributed by atoms with Crippen molar-refractivity contribution in [2.75, 3.05) is 7.05 Å². The predicted molar refractivity (Wildman–Crippen MR) is 81.0 cm³/mol. The van der Waals surface area contributed by atoms with Crippen LogP contribution in [0.3, 0.4) is 0 Å². The van der Waals surface area contributed by atoms with E-state index in [2.05, 4.69) is 41.5 Å². The van der Waals surface area contributed by atoms with Gasteiger partial charge in [-0.3, -0.25) is 5.10 Å². The van der Waals surface area contributed by atoms with Crippen LogP contribution in [0, 0.1) is 20.8 Å². The van der Waals surface area contributed by atoms with Gasteiger partial charge in [-0.15, -0.1) is 0 Å². The van der Waals surface area contributed by atoms with Gasteiger partial charge in [-0.05, 0) is 45.9 Å². The van der Waals surface area contributed by atoms with Crippen molar-refractivity contribution in [3.8, 4) is 5.75 Å². The quantitative estimate of drug-likeness (QED) is 0.879. The van der Waals surface area contributed by atoms with Gasteiger partial charge in [0.25, 0.3) is 0 Å². The zero-order valence-electron chi connectivity index (χ0n) is 12.9. The number of hydrogen-bond acceptors (Lipinski definition) is 3. The van der Waals surface area contributed by atoms with Crippen molar-refractivity contribution < 1.29 is 4.74 Å². The molecule has 1 aromatic heterocycles. The summed E-state index contributed by atoms with van der Waals surface area (Å²) < 4.78 is 6.15. The van der Waals surface area contributed by atoms with Gasteiger partial charge in [0, 0.05) is 17.8 Å². The van der Waals surface area contributed by atoms with Crippen LogP contribution in [0.1, 0.15) is 41.1 Å². The van der Waals surface area contributed by atoms with Crippen molar-refractivity contribution in [3.63, 3.8) is 0 Å². The Kier molecular flexibility index (Phi) is 4.45. The number of ether oxygens (including phenoxy) is 1. The summed E-state index contributed by atoms with van der Waals surface area (Å²) in [6.45, 7) is 9.01. The summed E-state index contributed by atoms with van der Waals surface area (Å²) in [5.74, 6) is 0.955. The van der Waals surface area contributed by atoms with Crippen LogP contribution in [0.5, 0.6) is 5.75 Å². The molecule has 0 aliphatic rings. The van der Waals surface area contributed by atoms with Gasteiger partial charge in [0.1, 0.15) is 17.5 Å². The number of rotatable bonds is 5. The van der Waals surface area contributed by atoms with E-state index in [0.29, 0.717) is 0 Å². The molecule has 2 N–H and O–H groups in total. The van der Waals surface area contributed by atoms with Gasteiger partial charge in [0.15, 0.2) is 0 Å². The Bertz CT molecular complexity index is 569. The van der Waals surface area contributed by atoms with Crippen LogP contribution in [0.4, 0.5) is 0 Å². The van der Waals surface area contributed by atoms with E-state index in [4.69, 9.17) is 4.74 Å². The van der Waals surface area contributed by atoms with E-state index in [1.165, 1.54) is 5.56 Å². The number of H-pyrrole nitrogens is 1. The van der Waals surface area contributed by atoms with Crippen LogP contribution in [0.15, 0.2) is 18.2 Å². The lowest BCUT2D eigenvalue weighted by atomic mass is 10.1. The lowest BCUT2D eigenvalue weighted by Gasteiger charge is -2.18. The Balaban J connectivity index is 2.26. The Hall–Kier alpha value is -1.81. The first-order chi connectivity index (χ1) is 9.54. The van der Waals surface area contributed by atoms with E-state index < -0.39 is 0 Å². The number of nitrogens with one attached hydrogen (secondary N) is 2. The first-order valence-corrected chi connectivity index (χ1v) is 6.95. The summed E-state index contributed by atoms with van der Waals surface area (Å²) in [6, 6.07) is 6.19. The van der Waals surface area contributed by atoms with Gasteiger partial charge >= 0.3 is 0 Å². The van der Waals surface area contributed by atoms with Crippen molar-refractivity contribution in [2.24, 2.45) is 0 Å². The minimum Gasteiger partial charge on any atom is -0.484 e. The summed E-state index contributed by atoms with van der Waals surface area (Å²) in [6.07, 6.45) is -0.0805. The molecule has 1 aromatic carbocycles. The highest BCUT2D eigenvalue weighted by molar-refractivity contribution is 5.40. The maximum Gasteiger partial charge on any atom is 0.140 e. The van der Waals surface area contributed by atoms with E-state index in [0.717, 1.165) is 34.8 Å². The molecule has 4 nitrogen and oxygen atoms in total. The van der Waals surface area contributed by atoms with Crippen molar-refractivity contribution in [2.45, 2.75) is 40.3 Å². The lowest BCUT2D eigenvalue weighted by molar-refractivity contribution is 0.217. The summed E-state index contributed by atoms with van der Waals surface area (Å²) in [4.78, 5) is 0. The fourth-order valence-corrected chi connectivity index (χ4v) is 2.42. The van der Waals surface area contributed by atoms with Crippen LogP contribution < -0.4 is 10.1 Å². The Morgan fingerprint density at radius 1 is 1.25 bits per heavy atom. The van der Waals surface area contributed by atoms with Crippen LogP contribution in [0.25, 0.3) is 0 Å². The highest BCUT2D eigenvalue weighted by Gasteiger charge is 2.18. The van der Waals surface area contributed by atoms with Crippen LogP contribution in [-0.2, 0) is 6.54 Å². The molecule has 0 amide bonds. The number of benzene rings is 1. The zero-order valence-corrected chi connectivity index (χ0v) is 12.9. The maximum atomic E-state index is 6.15.